The van der Waals surface area contributed by atoms with Crippen LogP contribution in [0.5, 0.6) is 0 Å². The van der Waals surface area contributed by atoms with Crippen molar-refractivity contribution in [2.45, 2.75) is 6.54 Å². The molecule has 0 aromatic heterocycles. The van der Waals surface area contributed by atoms with Crippen molar-refractivity contribution in [3.63, 3.8) is 0 Å². The van der Waals surface area contributed by atoms with Crippen LogP contribution in [0.25, 0.3) is 11.1 Å². The molecule has 3 aromatic carbocycles. The van der Waals surface area contributed by atoms with E-state index >= 15 is 0 Å². The van der Waals surface area contributed by atoms with Crippen LogP contribution in [0.4, 0.5) is 0 Å². The maximum absolute atomic E-state index is 13.2. The number of rotatable bonds is 5. The van der Waals surface area contributed by atoms with E-state index in [4.69, 9.17) is 4.74 Å². The smallest absolute Gasteiger partial charge is 0.325 e. The molecule has 0 saturated heterocycles. The monoisotopic (exact) mass is 385 g/mol. The van der Waals surface area contributed by atoms with E-state index in [0.717, 1.165) is 16.7 Å². The van der Waals surface area contributed by atoms with Gasteiger partial charge in [-0.2, -0.15) is 0 Å². The van der Waals surface area contributed by atoms with Crippen LogP contribution >= 0.6 is 0 Å². The van der Waals surface area contributed by atoms with E-state index in [-0.39, 0.29) is 24.8 Å². The third-order valence-corrected chi connectivity index (χ3v) is 5.02. The lowest BCUT2D eigenvalue weighted by Crippen LogP contribution is -2.35. The standard InChI is InChI=1S/C24H19NO4/c1-29-22(26)15-25(14-16-7-3-2-4-8-16)24(28)17-11-12-19-18-9-5-6-10-20(18)23(27)21(19)13-17/h2-13H,14-15H2,1H3. The van der Waals surface area contributed by atoms with E-state index in [2.05, 4.69) is 0 Å². The van der Waals surface area contributed by atoms with Crippen molar-refractivity contribution in [1.29, 1.82) is 0 Å². The van der Waals surface area contributed by atoms with Gasteiger partial charge >= 0.3 is 5.97 Å². The van der Waals surface area contributed by atoms with Crippen LogP contribution in [-0.2, 0) is 16.1 Å². The van der Waals surface area contributed by atoms with Crippen molar-refractivity contribution < 1.29 is 19.1 Å². The number of hydrogen-bond acceptors (Lipinski definition) is 4. The minimum Gasteiger partial charge on any atom is -0.468 e. The van der Waals surface area contributed by atoms with Crippen LogP contribution in [0.3, 0.4) is 0 Å². The van der Waals surface area contributed by atoms with Gasteiger partial charge in [-0.25, -0.2) is 0 Å². The average molecular weight is 385 g/mol. The Bertz CT molecular complexity index is 1100. The Morgan fingerprint density at radius 1 is 0.828 bits per heavy atom. The first-order valence-corrected chi connectivity index (χ1v) is 9.26. The number of methoxy groups -OCH3 is 1. The molecule has 5 nitrogen and oxygen atoms in total. The fourth-order valence-electron chi connectivity index (χ4n) is 3.57. The Balaban J connectivity index is 1.66. The Morgan fingerprint density at radius 2 is 1.48 bits per heavy atom. The van der Waals surface area contributed by atoms with Gasteiger partial charge in [-0.3, -0.25) is 14.4 Å². The summed E-state index contributed by atoms with van der Waals surface area (Å²) in [5, 5.41) is 0. The van der Waals surface area contributed by atoms with Crippen LogP contribution in [0.1, 0.15) is 31.8 Å². The Hall–Kier alpha value is -3.73. The number of fused-ring (bicyclic) bond motifs is 3. The molecule has 0 unspecified atom stereocenters. The van der Waals surface area contributed by atoms with Crippen LogP contribution in [0.2, 0.25) is 0 Å². The number of ether oxygens (including phenoxy) is 1. The second kappa shape index (κ2) is 7.72. The SMILES string of the molecule is COC(=O)CN(Cc1ccccc1)C(=O)c1ccc2c(c1)C(=O)c1ccccc1-2. The highest BCUT2D eigenvalue weighted by molar-refractivity contribution is 6.22. The molecule has 3 aromatic rings. The van der Waals surface area contributed by atoms with Gasteiger partial charge in [-0.05, 0) is 28.8 Å². The van der Waals surface area contributed by atoms with Crippen molar-refractivity contribution in [1.82, 2.24) is 4.90 Å². The lowest BCUT2D eigenvalue weighted by molar-refractivity contribution is -0.141. The zero-order valence-electron chi connectivity index (χ0n) is 15.9. The highest BCUT2D eigenvalue weighted by Gasteiger charge is 2.28. The van der Waals surface area contributed by atoms with Gasteiger partial charge in [0.15, 0.2) is 5.78 Å². The summed E-state index contributed by atoms with van der Waals surface area (Å²) >= 11 is 0. The van der Waals surface area contributed by atoms with Crippen LogP contribution in [0.15, 0.2) is 72.8 Å². The molecule has 0 heterocycles. The molecule has 0 bridgehead atoms. The molecule has 1 aliphatic rings. The predicted molar refractivity (Wildman–Crippen MR) is 109 cm³/mol. The lowest BCUT2D eigenvalue weighted by Gasteiger charge is -2.22. The van der Waals surface area contributed by atoms with Gasteiger partial charge in [0.1, 0.15) is 6.54 Å². The number of nitrogens with zero attached hydrogens (tertiary/aromatic N) is 1. The van der Waals surface area contributed by atoms with Gasteiger partial charge in [-0.1, -0.05) is 60.7 Å². The van der Waals surface area contributed by atoms with Crippen molar-refractivity contribution in [3.8, 4) is 11.1 Å². The van der Waals surface area contributed by atoms with Crippen molar-refractivity contribution in [2.24, 2.45) is 0 Å². The van der Waals surface area contributed by atoms with Crippen LogP contribution < -0.4 is 0 Å². The zero-order chi connectivity index (χ0) is 20.4. The molecule has 4 rings (SSSR count). The first-order valence-electron chi connectivity index (χ1n) is 9.26. The molecule has 0 N–H and O–H groups in total. The number of amides is 1. The topological polar surface area (TPSA) is 63.7 Å². The molecule has 0 spiro atoms. The first-order chi connectivity index (χ1) is 14.1. The van der Waals surface area contributed by atoms with E-state index in [1.54, 1.807) is 24.3 Å². The van der Waals surface area contributed by atoms with Gasteiger partial charge in [0.2, 0.25) is 0 Å². The zero-order valence-corrected chi connectivity index (χ0v) is 15.9. The molecule has 144 valence electrons. The fraction of sp³-hybridized carbons (Fsp3) is 0.125. The number of esters is 1. The quantitative estimate of drug-likeness (QED) is 0.491. The normalized spacial score (nSPS) is 11.6. The minimum atomic E-state index is -0.501. The number of carbonyl (C=O) groups excluding carboxylic acids is 3. The summed E-state index contributed by atoms with van der Waals surface area (Å²) in [6.07, 6.45) is 0. The molecule has 0 saturated carbocycles. The maximum atomic E-state index is 13.2. The van der Waals surface area contributed by atoms with Gasteiger partial charge in [0.25, 0.3) is 5.91 Å². The minimum absolute atomic E-state index is 0.0900. The van der Waals surface area contributed by atoms with Crippen molar-refractivity contribution in [3.05, 3.63) is 95.1 Å². The van der Waals surface area contributed by atoms with Gasteiger partial charge < -0.3 is 9.64 Å². The van der Waals surface area contributed by atoms with E-state index in [0.29, 0.717) is 16.7 Å². The molecule has 5 heteroatoms. The summed E-state index contributed by atoms with van der Waals surface area (Å²) in [7, 11) is 1.29. The number of carbonyl (C=O) groups is 3. The van der Waals surface area contributed by atoms with Gasteiger partial charge in [-0.15, -0.1) is 0 Å². The number of benzene rings is 3. The van der Waals surface area contributed by atoms with E-state index in [1.165, 1.54) is 12.0 Å². The molecule has 29 heavy (non-hydrogen) atoms. The lowest BCUT2D eigenvalue weighted by atomic mass is 10.0. The highest BCUT2D eigenvalue weighted by atomic mass is 16.5. The number of hydrogen-bond donors (Lipinski definition) is 0. The molecule has 0 fully saturated rings. The van der Waals surface area contributed by atoms with Crippen molar-refractivity contribution >= 4 is 17.7 Å². The van der Waals surface area contributed by atoms with Gasteiger partial charge in [0, 0.05) is 23.2 Å². The first kappa shape index (κ1) is 18.6. The highest BCUT2D eigenvalue weighted by Crippen LogP contribution is 2.36. The molecular weight excluding hydrogens is 366 g/mol. The van der Waals surface area contributed by atoms with E-state index in [9.17, 15) is 14.4 Å². The van der Waals surface area contributed by atoms with Gasteiger partial charge in [0.05, 0.1) is 7.11 Å². The second-order valence-corrected chi connectivity index (χ2v) is 6.86. The maximum Gasteiger partial charge on any atom is 0.325 e. The molecular formula is C24H19NO4. The third kappa shape index (κ3) is 3.55. The second-order valence-electron chi connectivity index (χ2n) is 6.86. The predicted octanol–water partition coefficient (Wildman–Crippen LogP) is 3.71. The van der Waals surface area contributed by atoms with Crippen LogP contribution in [0, 0.1) is 0 Å². The van der Waals surface area contributed by atoms with Crippen LogP contribution in [-0.4, -0.2) is 36.2 Å². The summed E-state index contributed by atoms with van der Waals surface area (Å²) in [5.74, 6) is -0.919. The number of ketones is 1. The Morgan fingerprint density at radius 3 is 2.21 bits per heavy atom. The summed E-state index contributed by atoms with van der Waals surface area (Å²) in [6.45, 7) is 0.0928. The largest absolute Gasteiger partial charge is 0.468 e. The molecule has 1 aliphatic carbocycles. The van der Waals surface area contributed by atoms with Crippen molar-refractivity contribution in [2.75, 3.05) is 13.7 Å². The molecule has 0 radical (unpaired) electrons. The summed E-state index contributed by atoms with van der Waals surface area (Å²) in [5.41, 5.74) is 4.11. The molecule has 1 amide bonds. The average Bonchev–Trinajstić information content (AvgIpc) is 3.05. The fourth-order valence-corrected chi connectivity index (χ4v) is 3.57. The summed E-state index contributed by atoms with van der Waals surface area (Å²) in [6, 6.07) is 21.9. The summed E-state index contributed by atoms with van der Waals surface area (Å²) < 4.78 is 4.75. The Labute approximate surface area is 168 Å². The Kier molecular flexibility index (Phi) is 4.96. The van der Waals surface area contributed by atoms with E-state index in [1.807, 2.05) is 48.5 Å². The molecule has 0 atom stereocenters. The van der Waals surface area contributed by atoms with E-state index < -0.39 is 5.97 Å². The summed E-state index contributed by atoms with van der Waals surface area (Å²) in [4.78, 5) is 39.2. The molecule has 0 aliphatic heterocycles. The third-order valence-electron chi connectivity index (χ3n) is 5.02.